The summed E-state index contributed by atoms with van der Waals surface area (Å²) >= 11 is 3.53. The van der Waals surface area contributed by atoms with Crippen LogP contribution in [-0.2, 0) is 6.42 Å². The van der Waals surface area contributed by atoms with Gasteiger partial charge in [-0.25, -0.2) is 0 Å². The molecule has 1 aromatic carbocycles. The Bertz CT molecular complexity index is 458. The summed E-state index contributed by atoms with van der Waals surface area (Å²) in [6, 6.07) is 4.39. The van der Waals surface area contributed by atoms with Gasteiger partial charge in [0.25, 0.3) is 0 Å². The van der Waals surface area contributed by atoms with Crippen LogP contribution in [0.5, 0.6) is 0 Å². The van der Waals surface area contributed by atoms with E-state index in [-0.39, 0.29) is 5.41 Å². The Hall–Kier alpha value is -0.970. The lowest BCUT2D eigenvalue weighted by Crippen LogP contribution is -2.16. The van der Waals surface area contributed by atoms with Gasteiger partial charge in [0.1, 0.15) is 0 Å². The average Bonchev–Trinajstić information content (AvgIpc) is 3.02. The Morgan fingerprint density at radius 2 is 2.24 bits per heavy atom. The molecule has 1 saturated carbocycles. The zero-order chi connectivity index (χ0) is 12.6. The van der Waals surface area contributed by atoms with E-state index in [9.17, 15) is 14.5 Å². The molecule has 1 aromatic rings. The van der Waals surface area contributed by atoms with Crippen molar-refractivity contribution >= 4 is 21.6 Å². The topological polar surface area (TPSA) is 43.1 Å². The minimum absolute atomic E-state index is 0.0794. The highest BCUT2D eigenvalue weighted by atomic mass is 79.9. The van der Waals surface area contributed by atoms with Gasteiger partial charge in [-0.2, -0.15) is 4.39 Å². The molecule has 0 heterocycles. The highest BCUT2D eigenvalue weighted by Crippen LogP contribution is 2.54. The number of benzene rings is 1. The normalized spacial score (nSPS) is 18.8. The van der Waals surface area contributed by atoms with Gasteiger partial charge in [0.2, 0.25) is 5.82 Å². The van der Waals surface area contributed by atoms with Gasteiger partial charge >= 0.3 is 5.69 Å². The fourth-order valence-corrected chi connectivity index (χ4v) is 2.72. The first kappa shape index (κ1) is 12.5. The van der Waals surface area contributed by atoms with Crippen molar-refractivity contribution in [2.45, 2.75) is 31.0 Å². The van der Waals surface area contributed by atoms with Gasteiger partial charge in [0, 0.05) is 10.9 Å². The fraction of sp³-hybridized carbons (Fsp3) is 0.500. The molecule has 3 nitrogen and oxygen atoms in total. The Balaban J connectivity index is 2.28. The van der Waals surface area contributed by atoms with Gasteiger partial charge < -0.3 is 0 Å². The second kappa shape index (κ2) is 4.37. The number of nitro benzene ring substituents is 1. The van der Waals surface area contributed by atoms with Crippen LogP contribution in [0.4, 0.5) is 10.1 Å². The molecule has 1 atom stereocenters. The summed E-state index contributed by atoms with van der Waals surface area (Å²) in [5.74, 6) is -0.683. The van der Waals surface area contributed by atoms with E-state index in [1.807, 2.05) is 6.92 Å². The fourth-order valence-electron chi connectivity index (χ4n) is 2.10. The molecule has 0 aliphatic heterocycles. The van der Waals surface area contributed by atoms with Crippen molar-refractivity contribution in [3.05, 3.63) is 39.7 Å². The van der Waals surface area contributed by atoms with Crippen molar-refractivity contribution in [3.63, 3.8) is 0 Å². The van der Waals surface area contributed by atoms with Crippen LogP contribution in [-0.4, -0.2) is 9.75 Å². The third kappa shape index (κ3) is 2.34. The van der Waals surface area contributed by atoms with Crippen LogP contribution in [0.2, 0.25) is 0 Å². The van der Waals surface area contributed by atoms with Crippen LogP contribution in [0.1, 0.15) is 25.3 Å². The summed E-state index contributed by atoms with van der Waals surface area (Å²) in [5, 5.41) is 10.6. The number of alkyl halides is 1. The molecule has 1 aliphatic carbocycles. The predicted molar refractivity (Wildman–Crippen MR) is 66.8 cm³/mol. The van der Waals surface area contributed by atoms with Crippen molar-refractivity contribution in [2.24, 2.45) is 5.41 Å². The molecule has 1 fully saturated rings. The molecule has 1 aliphatic rings. The number of halogens is 2. The lowest BCUT2D eigenvalue weighted by atomic mass is 9.93. The molecule has 92 valence electrons. The zero-order valence-corrected chi connectivity index (χ0v) is 11.0. The SMILES string of the molecule is CC(Br)C1(Cc2cccc([N+](=O)[O-])c2F)CC1. The molecule has 0 amide bonds. The minimum atomic E-state index is -0.683. The summed E-state index contributed by atoms with van der Waals surface area (Å²) in [7, 11) is 0. The molecule has 2 rings (SSSR count). The van der Waals surface area contributed by atoms with Gasteiger partial charge in [0.05, 0.1) is 4.92 Å². The third-order valence-electron chi connectivity index (χ3n) is 3.53. The Kier molecular flexibility index (Phi) is 3.21. The Morgan fingerprint density at radius 1 is 1.59 bits per heavy atom. The van der Waals surface area contributed by atoms with Gasteiger partial charge in [-0.05, 0) is 30.2 Å². The molecule has 5 heteroatoms. The Morgan fingerprint density at radius 3 is 2.71 bits per heavy atom. The summed E-state index contributed by atoms with van der Waals surface area (Å²) in [6.07, 6.45) is 2.65. The van der Waals surface area contributed by atoms with Crippen molar-refractivity contribution < 1.29 is 9.31 Å². The first-order chi connectivity index (χ1) is 7.96. The van der Waals surface area contributed by atoms with Gasteiger partial charge in [-0.15, -0.1) is 0 Å². The van der Waals surface area contributed by atoms with Crippen molar-refractivity contribution in [3.8, 4) is 0 Å². The molecule has 0 bridgehead atoms. The quantitative estimate of drug-likeness (QED) is 0.482. The second-order valence-electron chi connectivity index (χ2n) is 4.66. The van der Waals surface area contributed by atoms with Gasteiger partial charge in [0.15, 0.2) is 0 Å². The van der Waals surface area contributed by atoms with E-state index in [4.69, 9.17) is 0 Å². The number of nitro groups is 1. The number of hydrogen-bond acceptors (Lipinski definition) is 2. The first-order valence-electron chi connectivity index (χ1n) is 5.52. The van der Waals surface area contributed by atoms with E-state index >= 15 is 0 Å². The lowest BCUT2D eigenvalue weighted by molar-refractivity contribution is -0.387. The molecule has 0 spiro atoms. The highest BCUT2D eigenvalue weighted by Gasteiger charge is 2.46. The lowest BCUT2D eigenvalue weighted by Gasteiger charge is -2.18. The van der Waals surface area contributed by atoms with Crippen LogP contribution < -0.4 is 0 Å². The highest BCUT2D eigenvalue weighted by molar-refractivity contribution is 9.09. The molecule has 0 saturated heterocycles. The van der Waals surface area contributed by atoms with Crippen LogP contribution in [0.3, 0.4) is 0 Å². The number of rotatable bonds is 4. The predicted octanol–water partition coefficient (Wildman–Crippen LogP) is 3.84. The van der Waals surface area contributed by atoms with E-state index in [0.717, 1.165) is 12.8 Å². The van der Waals surface area contributed by atoms with Crippen molar-refractivity contribution in [1.29, 1.82) is 0 Å². The van der Waals surface area contributed by atoms with Crippen LogP contribution in [0.15, 0.2) is 18.2 Å². The minimum Gasteiger partial charge on any atom is -0.258 e. The van der Waals surface area contributed by atoms with Crippen LogP contribution in [0, 0.1) is 21.3 Å². The van der Waals surface area contributed by atoms with Gasteiger partial charge in [-0.3, -0.25) is 10.1 Å². The molecule has 0 N–H and O–H groups in total. The van der Waals surface area contributed by atoms with Crippen LogP contribution in [0.25, 0.3) is 0 Å². The molecule has 0 radical (unpaired) electrons. The number of hydrogen-bond donors (Lipinski definition) is 0. The van der Waals surface area contributed by atoms with E-state index in [0.29, 0.717) is 16.8 Å². The van der Waals surface area contributed by atoms with Crippen molar-refractivity contribution in [1.82, 2.24) is 0 Å². The molecule has 1 unspecified atom stereocenters. The maximum Gasteiger partial charge on any atom is 0.305 e. The molecule has 17 heavy (non-hydrogen) atoms. The maximum absolute atomic E-state index is 13.9. The molecular formula is C12H13BrFNO2. The summed E-state index contributed by atoms with van der Waals surface area (Å²) in [4.78, 5) is 10.3. The Labute approximate surface area is 107 Å². The average molecular weight is 302 g/mol. The van der Waals surface area contributed by atoms with E-state index in [1.54, 1.807) is 12.1 Å². The van der Waals surface area contributed by atoms with Crippen LogP contribution >= 0.6 is 15.9 Å². The van der Waals surface area contributed by atoms with E-state index in [2.05, 4.69) is 15.9 Å². The van der Waals surface area contributed by atoms with E-state index in [1.165, 1.54) is 6.07 Å². The second-order valence-corrected chi connectivity index (χ2v) is 6.04. The smallest absolute Gasteiger partial charge is 0.258 e. The maximum atomic E-state index is 13.9. The standard InChI is InChI=1S/C12H13BrFNO2/c1-8(13)12(5-6-12)7-9-3-2-4-10(11(9)14)15(16)17/h2-4,8H,5-7H2,1H3. The summed E-state index contributed by atoms with van der Waals surface area (Å²) in [6.45, 7) is 2.04. The number of nitrogens with zero attached hydrogens (tertiary/aromatic N) is 1. The molecule has 0 aromatic heterocycles. The van der Waals surface area contributed by atoms with E-state index < -0.39 is 16.4 Å². The largest absolute Gasteiger partial charge is 0.305 e. The van der Waals surface area contributed by atoms with Crippen molar-refractivity contribution in [2.75, 3.05) is 0 Å². The zero-order valence-electron chi connectivity index (χ0n) is 9.45. The summed E-state index contributed by atoms with van der Waals surface area (Å²) < 4.78 is 13.9. The molecular weight excluding hydrogens is 289 g/mol. The van der Waals surface area contributed by atoms with Gasteiger partial charge in [-0.1, -0.05) is 35.0 Å². The summed E-state index contributed by atoms with van der Waals surface area (Å²) in [5.41, 5.74) is 0.0966. The monoisotopic (exact) mass is 301 g/mol. The third-order valence-corrected chi connectivity index (χ3v) is 4.50. The first-order valence-corrected chi connectivity index (χ1v) is 6.44.